The number of nitrogens with two attached hydrogens (primary N) is 1. The molecule has 15 heavy (non-hydrogen) atoms. The summed E-state index contributed by atoms with van der Waals surface area (Å²) in [6.07, 6.45) is 0.930. The third kappa shape index (κ3) is 2.97. The van der Waals surface area contributed by atoms with Gasteiger partial charge in [0, 0.05) is 6.54 Å². The zero-order valence-corrected chi connectivity index (χ0v) is 9.50. The van der Waals surface area contributed by atoms with Crippen LogP contribution in [0.5, 0.6) is 5.88 Å². The Hall–Kier alpha value is -1.52. The minimum atomic E-state index is 0.472. The van der Waals surface area contributed by atoms with Crippen LogP contribution in [0.2, 0.25) is 0 Å². The Labute approximate surface area is 90.1 Å². The zero-order chi connectivity index (χ0) is 11.3. The fourth-order valence-corrected chi connectivity index (χ4v) is 1.17. The van der Waals surface area contributed by atoms with E-state index in [-0.39, 0.29) is 0 Å². The molecule has 0 saturated heterocycles. The largest absolute Gasteiger partial charge is 0.476 e. The van der Waals surface area contributed by atoms with Crippen molar-refractivity contribution in [2.45, 2.75) is 27.2 Å². The molecule has 0 aliphatic carbocycles. The maximum absolute atomic E-state index is 5.87. The van der Waals surface area contributed by atoms with Crippen molar-refractivity contribution in [1.29, 1.82) is 0 Å². The quantitative estimate of drug-likeness (QED) is 0.772. The van der Waals surface area contributed by atoms with Crippen LogP contribution in [0.25, 0.3) is 0 Å². The van der Waals surface area contributed by atoms with Crippen LogP contribution in [0, 0.1) is 6.92 Å². The normalized spacial score (nSPS) is 10.1. The smallest absolute Gasteiger partial charge is 0.242 e. The molecule has 0 spiro atoms. The molecule has 0 radical (unpaired) electrons. The highest BCUT2D eigenvalue weighted by Crippen LogP contribution is 2.25. The maximum Gasteiger partial charge on any atom is 0.242 e. The van der Waals surface area contributed by atoms with Gasteiger partial charge in [-0.3, -0.25) is 0 Å². The number of aryl methyl sites for hydroxylation is 1. The molecule has 1 aromatic rings. The van der Waals surface area contributed by atoms with Crippen molar-refractivity contribution in [2.24, 2.45) is 0 Å². The van der Waals surface area contributed by atoms with E-state index in [1.165, 1.54) is 0 Å². The topological polar surface area (TPSA) is 73.1 Å². The molecule has 0 aliphatic rings. The maximum atomic E-state index is 5.87. The van der Waals surface area contributed by atoms with Crippen LogP contribution < -0.4 is 15.8 Å². The summed E-state index contributed by atoms with van der Waals surface area (Å²) < 4.78 is 5.44. The third-order valence-corrected chi connectivity index (χ3v) is 1.81. The predicted molar refractivity (Wildman–Crippen MR) is 61.1 cm³/mol. The van der Waals surface area contributed by atoms with Gasteiger partial charge in [-0.05, 0) is 20.3 Å². The van der Waals surface area contributed by atoms with Gasteiger partial charge in [0.1, 0.15) is 11.5 Å². The van der Waals surface area contributed by atoms with Crippen molar-refractivity contribution in [2.75, 3.05) is 24.2 Å². The first-order chi connectivity index (χ1) is 7.19. The van der Waals surface area contributed by atoms with Crippen molar-refractivity contribution >= 4 is 11.5 Å². The van der Waals surface area contributed by atoms with Gasteiger partial charge in [0.15, 0.2) is 5.82 Å². The van der Waals surface area contributed by atoms with Gasteiger partial charge in [-0.15, -0.1) is 0 Å². The van der Waals surface area contributed by atoms with Crippen LogP contribution in [0.3, 0.4) is 0 Å². The number of hydrogen-bond acceptors (Lipinski definition) is 5. The highest BCUT2D eigenvalue weighted by Gasteiger charge is 2.10. The second kappa shape index (κ2) is 5.38. The lowest BCUT2D eigenvalue weighted by molar-refractivity contribution is 0.306. The lowest BCUT2D eigenvalue weighted by Gasteiger charge is -2.11. The van der Waals surface area contributed by atoms with E-state index in [2.05, 4.69) is 15.3 Å². The van der Waals surface area contributed by atoms with Gasteiger partial charge >= 0.3 is 0 Å². The van der Waals surface area contributed by atoms with Crippen LogP contribution >= 0.6 is 0 Å². The Balaban J connectivity index is 2.93. The first-order valence-electron chi connectivity index (χ1n) is 5.19. The Bertz CT molecular complexity index is 327. The summed E-state index contributed by atoms with van der Waals surface area (Å²) in [7, 11) is 0. The van der Waals surface area contributed by atoms with Crippen LogP contribution in [0.4, 0.5) is 11.5 Å². The fourth-order valence-electron chi connectivity index (χ4n) is 1.17. The molecule has 5 heteroatoms. The summed E-state index contributed by atoms with van der Waals surface area (Å²) in [4.78, 5) is 8.36. The fraction of sp³-hybridized carbons (Fsp3) is 0.600. The van der Waals surface area contributed by atoms with Crippen molar-refractivity contribution in [3.8, 4) is 5.88 Å². The van der Waals surface area contributed by atoms with Crippen LogP contribution in [0.15, 0.2) is 0 Å². The SMILES string of the molecule is CCCOc1nc(C)nc(NCC)c1N. The molecule has 1 heterocycles. The summed E-state index contributed by atoms with van der Waals surface area (Å²) in [5.74, 6) is 1.78. The van der Waals surface area contributed by atoms with E-state index in [1.54, 1.807) is 0 Å². The highest BCUT2D eigenvalue weighted by molar-refractivity contribution is 5.66. The van der Waals surface area contributed by atoms with Gasteiger partial charge in [0.2, 0.25) is 5.88 Å². The molecule has 5 nitrogen and oxygen atoms in total. The molecule has 0 saturated carbocycles. The van der Waals surface area contributed by atoms with Crippen LogP contribution in [-0.2, 0) is 0 Å². The second-order valence-corrected chi connectivity index (χ2v) is 3.22. The molecule has 0 unspecified atom stereocenters. The lowest BCUT2D eigenvalue weighted by Crippen LogP contribution is -2.09. The van der Waals surface area contributed by atoms with E-state index < -0.39 is 0 Å². The molecule has 0 aromatic carbocycles. The van der Waals surface area contributed by atoms with Gasteiger partial charge in [0.05, 0.1) is 6.61 Å². The molecule has 1 rings (SSSR count). The summed E-state index contributed by atoms with van der Waals surface area (Å²) in [5, 5.41) is 3.08. The van der Waals surface area contributed by atoms with Crippen LogP contribution in [0.1, 0.15) is 26.1 Å². The second-order valence-electron chi connectivity index (χ2n) is 3.22. The molecule has 0 atom stereocenters. The molecule has 84 valence electrons. The molecular weight excluding hydrogens is 192 g/mol. The number of hydrogen-bond donors (Lipinski definition) is 2. The van der Waals surface area contributed by atoms with E-state index >= 15 is 0 Å². The molecule has 3 N–H and O–H groups in total. The number of anilines is 2. The molecule has 0 amide bonds. The van der Waals surface area contributed by atoms with Gasteiger partial charge in [0.25, 0.3) is 0 Å². The van der Waals surface area contributed by atoms with Gasteiger partial charge in [-0.1, -0.05) is 6.92 Å². The van der Waals surface area contributed by atoms with Gasteiger partial charge < -0.3 is 15.8 Å². The van der Waals surface area contributed by atoms with E-state index in [9.17, 15) is 0 Å². The number of rotatable bonds is 5. The Kier molecular flexibility index (Phi) is 4.15. The average Bonchev–Trinajstić information content (AvgIpc) is 2.21. The van der Waals surface area contributed by atoms with Gasteiger partial charge in [-0.25, -0.2) is 4.98 Å². The minimum absolute atomic E-state index is 0.472. The number of nitrogen functional groups attached to an aromatic ring is 1. The molecule has 0 aliphatic heterocycles. The van der Waals surface area contributed by atoms with E-state index in [4.69, 9.17) is 10.5 Å². The average molecular weight is 210 g/mol. The summed E-state index contributed by atoms with van der Waals surface area (Å²) in [6, 6.07) is 0. The van der Waals surface area contributed by atoms with E-state index in [1.807, 2.05) is 20.8 Å². The molecule has 1 aromatic heterocycles. The third-order valence-electron chi connectivity index (χ3n) is 1.81. The Morgan fingerprint density at radius 1 is 1.33 bits per heavy atom. The highest BCUT2D eigenvalue weighted by atomic mass is 16.5. The predicted octanol–water partition coefficient (Wildman–Crippen LogP) is 1.59. The monoisotopic (exact) mass is 210 g/mol. The summed E-state index contributed by atoms with van der Waals surface area (Å²) >= 11 is 0. The van der Waals surface area contributed by atoms with Crippen LogP contribution in [-0.4, -0.2) is 23.1 Å². The van der Waals surface area contributed by atoms with Crippen molar-refractivity contribution < 1.29 is 4.74 Å². The standard InChI is InChI=1S/C10H18N4O/c1-4-6-15-10-8(11)9(12-5-2)13-7(3)14-10/h4-6,11H2,1-3H3,(H,12,13,14). The molecule has 0 fully saturated rings. The number of aromatic nitrogens is 2. The molecule has 0 bridgehead atoms. The van der Waals surface area contributed by atoms with Crippen molar-refractivity contribution in [3.05, 3.63) is 5.82 Å². The van der Waals surface area contributed by atoms with E-state index in [0.29, 0.717) is 29.8 Å². The number of nitrogens with one attached hydrogen (secondary N) is 1. The minimum Gasteiger partial charge on any atom is -0.476 e. The van der Waals surface area contributed by atoms with Gasteiger partial charge in [-0.2, -0.15) is 4.98 Å². The van der Waals surface area contributed by atoms with Crippen molar-refractivity contribution in [1.82, 2.24) is 9.97 Å². The summed E-state index contributed by atoms with van der Waals surface area (Å²) in [6.45, 7) is 7.23. The molecular formula is C10H18N4O. The van der Waals surface area contributed by atoms with Crippen molar-refractivity contribution in [3.63, 3.8) is 0 Å². The number of ether oxygens (including phenoxy) is 1. The first kappa shape index (κ1) is 11.6. The Morgan fingerprint density at radius 3 is 2.67 bits per heavy atom. The lowest BCUT2D eigenvalue weighted by atomic mass is 10.4. The summed E-state index contributed by atoms with van der Waals surface area (Å²) in [5.41, 5.74) is 6.35. The van der Waals surface area contributed by atoms with E-state index in [0.717, 1.165) is 13.0 Å². The first-order valence-corrected chi connectivity index (χ1v) is 5.19. The Morgan fingerprint density at radius 2 is 2.07 bits per heavy atom. The number of nitrogens with zero attached hydrogens (tertiary/aromatic N) is 2. The zero-order valence-electron chi connectivity index (χ0n) is 9.50.